The number of likely N-dealkylation sites (tertiary alicyclic amines) is 1. The Kier molecular flexibility index (Phi) is 6.98. The summed E-state index contributed by atoms with van der Waals surface area (Å²) in [6.07, 6.45) is 5.20. The molecule has 2 aliphatic rings. The zero-order valence-electron chi connectivity index (χ0n) is 19.6. The van der Waals surface area contributed by atoms with Gasteiger partial charge in [0.15, 0.2) is 0 Å². The SMILES string of the molecule is C=C(/C=c1/c(NCc2cccc(C(F)(F)C(O)C3CC3)c2F)nc(C)n/c1=C/C)N1CCCC1. The van der Waals surface area contributed by atoms with Crippen LogP contribution in [0.15, 0.2) is 30.5 Å². The van der Waals surface area contributed by atoms with Gasteiger partial charge < -0.3 is 15.3 Å². The van der Waals surface area contributed by atoms with Gasteiger partial charge >= 0.3 is 5.92 Å². The van der Waals surface area contributed by atoms with Gasteiger partial charge in [-0.1, -0.05) is 24.8 Å². The molecule has 0 amide bonds. The molecule has 0 radical (unpaired) electrons. The van der Waals surface area contributed by atoms with Crippen LogP contribution in [-0.4, -0.2) is 39.2 Å². The number of aliphatic hydroxyl groups is 1. The predicted molar refractivity (Wildman–Crippen MR) is 127 cm³/mol. The van der Waals surface area contributed by atoms with Gasteiger partial charge in [0, 0.05) is 36.1 Å². The molecule has 2 fully saturated rings. The van der Waals surface area contributed by atoms with E-state index in [9.17, 15) is 13.9 Å². The summed E-state index contributed by atoms with van der Waals surface area (Å²) in [6.45, 7) is 9.65. The third-order valence-electron chi connectivity index (χ3n) is 6.51. The van der Waals surface area contributed by atoms with Crippen LogP contribution in [0.25, 0.3) is 12.2 Å². The van der Waals surface area contributed by atoms with Crippen LogP contribution < -0.4 is 15.9 Å². The number of allylic oxidation sites excluding steroid dienone is 1. The molecule has 182 valence electrons. The molecule has 5 nitrogen and oxygen atoms in total. The molecule has 34 heavy (non-hydrogen) atoms. The molecule has 0 spiro atoms. The number of anilines is 1. The van der Waals surface area contributed by atoms with Gasteiger partial charge in [-0.25, -0.2) is 14.4 Å². The number of nitrogens with one attached hydrogen (secondary N) is 1. The Bertz CT molecular complexity index is 1190. The molecule has 2 aromatic rings. The minimum atomic E-state index is -3.65. The fourth-order valence-corrected chi connectivity index (χ4v) is 4.38. The second-order valence-corrected chi connectivity index (χ2v) is 9.07. The summed E-state index contributed by atoms with van der Waals surface area (Å²) in [4.78, 5) is 11.2. The molecular weight excluding hydrogens is 441 g/mol. The molecule has 1 aliphatic carbocycles. The maximum Gasteiger partial charge on any atom is 0.301 e. The summed E-state index contributed by atoms with van der Waals surface area (Å²) in [7, 11) is 0. The number of aryl methyl sites for hydroxylation is 1. The number of alkyl halides is 2. The van der Waals surface area contributed by atoms with E-state index in [1.54, 1.807) is 6.92 Å². The van der Waals surface area contributed by atoms with Gasteiger partial charge in [-0.05, 0) is 57.6 Å². The van der Waals surface area contributed by atoms with Crippen molar-refractivity contribution in [2.45, 2.75) is 58.1 Å². The van der Waals surface area contributed by atoms with Crippen molar-refractivity contribution in [2.24, 2.45) is 5.92 Å². The first kappa shape index (κ1) is 24.3. The van der Waals surface area contributed by atoms with E-state index in [4.69, 9.17) is 0 Å². The molecule has 4 rings (SSSR count). The van der Waals surface area contributed by atoms with E-state index < -0.39 is 29.3 Å². The van der Waals surface area contributed by atoms with Gasteiger partial charge in [0.2, 0.25) is 0 Å². The highest BCUT2D eigenvalue weighted by Crippen LogP contribution is 2.45. The molecule has 1 unspecified atom stereocenters. The molecular formula is C26H31F3N4O. The van der Waals surface area contributed by atoms with Gasteiger partial charge in [-0.3, -0.25) is 0 Å². The Labute approximate surface area is 197 Å². The van der Waals surface area contributed by atoms with Crippen LogP contribution in [0.1, 0.15) is 49.6 Å². The summed E-state index contributed by atoms with van der Waals surface area (Å²) < 4.78 is 44.8. The Morgan fingerprint density at radius 1 is 1.29 bits per heavy atom. The smallest absolute Gasteiger partial charge is 0.301 e. The highest BCUT2D eigenvalue weighted by Gasteiger charge is 2.50. The summed E-state index contributed by atoms with van der Waals surface area (Å²) >= 11 is 0. The molecule has 1 atom stereocenters. The van der Waals surface area contributed by atoms with Crippen LogP contribution in [0.3, 0.4) is 0 Å². The molecule has 1 aromatic heterocycles. The number of halogens is 3. The highest BCUT2D eigenvalue weighted by molar-refractivity contribution is 5.53. The van der Waals surface area contributed by atoms with E-state index in [0.717, 1.165) is 42.9 Å². The average Bonchev–Trinajstić information content (AvgIpc) is 3.51. The van der Waals surface area contributed by atoms with Crippen molar-refractivity contribution in [3.63, 3.8) is 0 Å². The van der Waals surface area contributed by atoms with Crippen molar-refractivity contribution in [1.82, 2.24) is 14.9 Å². The van der Waals surface area contributed by atoms with E-state index in [0.29, 0.717) is 29.8 Å². The van der Waals surface area contributed by atoms with E-state index in [-0.39, 0.29) is 12.1 Å². The number of aromatic nitrogens is 2. The summed E-state index contributed by atoms with van der Waals surface area (Å²) in [5.74, 6) is -4.13. The Hall–Kier alpha value is -2.87. The van der Waals surface area contributed by atoms with Gasteiger partial charge in [0.1, 0.15) is 23.6 Å². The number of hydrogen-bond acceptors (Lipinski definition) is 5. The molecule has 1 aromatic carbocycles. The van der Waals surface area contributed by atoms with Crippen molar-refractivity contribution in [1.29, 1.82) is 0 Å². The van der Waals surface area contributed by atoms with Crippen LogP contribution in [0.2, 0.25) is 0 Å². The lowest BCUT2D eigenvalue weighted by Gasteiger charge is -2.24. The zero-order chi connectivity index (χ0) is 24.5. The number of nitrogens with zero attached hydrogens (tertiary/aromatic N) is 3. The lowest BCUT2D eigenvalue weighted by molar-refractivity contribution is -0.126. The molecule has 0 bridgehead atoms. The first-order valence-corrected chi connectivity index (χ1v) is 11.8. The van der Waals surface area contributed by atoms with Gasteiger partial charge in [-0.2, -0.15) is 8.78 Å². The third kappa shape index (κ3) is 4.97. The number of rotatable bonds is 8. The number of hydrogen-bond donors (Lipinski definition) is 2. The normalized spacial score (nSPS) is 18.5. The fraction of sp³-hybridized carbons (Fsp3) is 0.462. The lowest BCUT2D eigenvalue weighted by Crippen LogP contribution is -2.35. The average molecular weight is 473 g/mol. The Balaban J connectivity index is 1.64. The van der Waals surface area contributed by atoms with E-state index in [2.05, 4.69) is 26.8 Å². The first-order chi connectivity index (χ1) is 16.2. The van der Waals surface area contributed by atoms with Crippen LogP contribution in [0, 0.1) is 18.7 Å². The Morgan fingerprint density at radius 2 is 2.00 bits per heavy atom. The minimum Gasteiger partial charge on any atom is -0.386 e. The number of aliphatic hydroxyl groups excluding tert-OH is 1. The van der Waals surface area contributed by atoms with Crippen molar-refractivity contribution in [3.05, 3.63) is 63.8 Å². The van der Waals surface area contributed by atoms with Crippen LogP contribution in [0.5, 0.6) is 0 Å². The van der Waals surface area contributed by atoms with Crippen LogP contribution in [0.4, 0.5) is 19.0 Å². The Morgan fingerprint density at radius 3 is 2.65 bits per heavy atom. The zero-order valence-corrected chi connectivity index (χ0v) is 19.6. The first-order valence-electron chi connectivity index (χ1n) is 11.8. The van der Waals surface area contributed by atoms with Crippen LogP contribution >= 0.6 is 0 Å². The van der Waals surface area contributed by atoms with Crippen molar-refractivity contribution < 1.29 is 18.3 Å². The standard InChI is InChI=1S/C26H31F3N4O/c1-4-22-20(14-16(2)33-12-5-6-13-33)25(32-17(3)31-22)30-15-19-8-7-9-21(23(19)27)26(28,29)24(34)18-10-11-18/h4,7-9,14,18,24,34H,2,5-6,10-13,15H2,1,3H3,(H,30,31,32)/b20-14+,22-4+. The highest BCUT2D eigenvalue weighted by atomic mass is 19.3. The largest absolute Gasteiger partial charge is 0.386 e. The quantitative estimate of drug-likeness (QED) is 0.615. The lowest BCUT2D eigenvalue weighted by atomic mass is 9.97. The predicted octanol–water partition coefficient (Wildman–Crippen LogP) is 3.59. The summed E-state index contributed by atoms with van der Waals surface area (Å²) in [6, 6.07) is 3.89. The molecule has 1 saturated heterocycles. The molecule has 2 heterocycles. The van der Waals surface area contributed by atoms with Crippen molar-refractivity contribution >= 4 is 18.0 Å². The fourth-order valence-electron chi connectivity index (χ4n) is 4.38. The topological polar surface area (TPSA) is 61.3 Å². The molecule has 1 saturated carbocycles. The number of benzene rings is 1. The van der Waals surface area contributed by atoms with Crippen molar-refractivity contribution in [2.75, 3.05) is 18.4 Å². The minimum absolute atomic E-state index is 0.0497. The summed E-state index contributed by atoms with van der Waals surface area (Å²) in [5.41, 5.74) is 0.141. The van der Waals surface area contributed by atoms with Crippen molar-refractivity contribution in [3.8, 4) is 0 Å². The maximum absolute atomic E-state index is 15.2. The van der Waals surface area contributed by atoms with E-state index in [1.807, 2.05) is 19.1 Å². The van der Waals surface area contributed by atoms with E-state index >= 15 is 4.39 Å². The van der Waals surface area contributed by atoms with Gasteiger partial charge in [0.05, 0.1) is 10.9 Å². The van der Waals surface area contributed by atoms with Gasteiger partial charge in [0.25, 0.3) is 0 Å². The molecule has 1 aliphatic heterocycles. The second kappa shape index (κ2) is 9.78. The third-order valence-corrected chi connectivity index (χ3v) is 6.51. The monoisotopic (exact) mass is 472 g/mol. The summed E-state index contributed by atoms with van der Waals surface area (Å²) in [5, 5.41) is 14.6. The van der Waals surface area contributed by atoms with Crippen LogP contribution in [-0.2, 0) is 12.5 Å². The van der Waals surface area contributed by atoms with E-state index in [1.165, 1.54) is 12.1 Å². The second-order valence-electron chi connectivity index (χ2n) is 9.07. The van der Waals surface area contributed by atoms with Gasteiger partial charge in [-0.15, -0.1) is 0 Å². The maximum atomic E-state index is 15.2. The molecule has 8 heteroatoms. The molecule has 2 N–H and O–H groups in total.